The molecule has 1 N–H and O–H groups in total. The molecular weight excluding hydrogens is 460 g/mol. The third-order valence-electron chi connectivity index (χ3n) is 7.31. The predicted octanol–water partition coefficient (Wildman–Crippen LogP) is 4.24. The van der Waals surface area contributed by atoms with Crippen LogP contribution in [0.3, 0.4) is 0 Å². The topological polar surface area (TPSA) is 75.7 Å². The van der Waals surface area contributed by atoms with Crippen LogP contribution >= 0.6 is 0 Å². The molecular formula is C28H38N2O4S. The Morgan fingerprint density at radius 3 is 2.34 bits per heavy atom. The fourth-order valence-electron chi connectivity index (χ4n) is 5.39. The zero-order chi connectivity index (χ0) is 24.9. The van der Waals surface area contributed by atoms with Gasteiger partial charge in [0.05, 0.1) is 11.2 Å². The van der Waals surface area contributed by atoms with E-state index >= 15 is 0 Å². The smallest absolute Gasteiger partial charge is 0.226 e. The Morgan fingerprint density at radius 1 is 0.971 bits per heavy atom. The zero-order valence-corrected chi connectivity index (χ0v) is 21.8. The first-order valence-electron chi connectivity index (χ1n) is 12.8. The highest BCUT2D eigenvalue weighted by molar-refractivity contribution is 7.89. The van der Waals surface area contributed by atoms with Crippen molar-refractivity contribution in [2.75, 3.05) is 38.6 Å². The molecule has 35 heavy (non-hydrogen) atoms. The highest BCUT2D eigenvalue weighted by Crippen LogP contribution is 2.36. The monoisotopic (exact) mass is 498 g/mol. The molecule has 0 aromatic heterocycles. The van der Waals surface area contributed by atoms with Gasteiger partial charge in [-0.05, 0) is 62.6 Å². The summed E-state index contributed by atoms with van der Waals surface area (Å²) in [5.41, 5.74) is 5.30. The summed E-state index contributed by atoms with van der Waals surface area (Å²) < 4.78 is 32.5. The average molecular weight is 499 g/mol. The number of carbonyl (C=O) groups is 1. The molecule has 0 radical (unpaired) electrons. The first kappa shape index (κ1) is 25.9. The second-order valence-electron chi connectivity index (χ2n) is 10.2. The van der Waals surface area contributed by atoms with Gasteiger partial charge in [0, 0.05) is 32.8 Å². The van der Waals surface area contributed by atoms with Crippen LogP contribution in [-0.2, 0) is 26.0 Å². The Morgan fingerprint density at radius 2 is 1.66 bits per heavy atom. The minimum absolute atomic E-state index is 0.0481. The zero-order valence-electron chi connectivity index (χ0n) is 21.0. The summed E-state index contributed by atoms with van der Waals surface area (Å²) in [4.78, 5) is 13.5. The van der Waals surface area contributed by atoms with Gasteiger partial charge in [-0.2, -0.15) is 0 Å². The lowest BCUT2D eigenvalue weighted by molar-refractivity contribution is -0.136. The van der Waals surface area contributed by atoms with Gasteiger partial charge in [-0.15, -0.1) is 0 Å². The lowest BCUT2D eigenvalue weighted by Gasteiger charge is -2.36. The van der Waals surface area contributed by atoms with Crippen molar-refractivity contribution >= 4 is 15.9 Å². The van der Waals surface area contributed by atoms with E-state index in [-0.39, 0.29) is 18.2 Å². The first-order chi connectivity index (χ1) is 16.8. The van der Waals surface area contributed by atoms with Crippen LogP contribution in [0.2, 0.25) is 0 Å². The maximum Gasteiger partial charge on any atom is 0.226 e. The fraction of sp³-hybridized carbons (Fsp3) is 0.536. The first-order valence-corrected chi connectivity index (χ1v) is 14.4. The van der Waals surface area contributed by atoms with Gasteiger partial charge in [-0.3, -0.25) is 4.79 Å². The van der Waals surface area contributed by atoms with Crippen LogP contribution in [0.4, 0.5) is 0 Å². The largest absolute Gasteiger partial charge is 0.381 e. The SMILES string of the molecule is Cc1cc(C)cc(-c2cccc(CC3(C(=O)NCCS(=O)(=O)N4CCCCC4)CCOCC3)c2)c1. The molecule has 0 saturated carbocycles. The molecule has 2 heterocycles. The van der Waals surface area contributed by atoms with Crippen LogP contribution in [0.15, 0.2) is 42.5 Å². The summed E-state index contributed by atoms with van der Waals surface area (Å²) in [6.45, 7) is 6.61. The van der Waals surface area contributed by atoms with Gasteiger partial charge < -0.3 is 10.1 Å². The third kappa shape index (κ3) is 6.51. The van der Waals surface area contributed by atoms with E-state index in [1.807, 2.05) is 0 Å². The summed E-state index contributed by atoms with van der Waals surface area (Å²) in [5.74, 6) is -0.112. The van der Waals surface area contributed by atoms with Gasteiger partial charge in [0.2, 0.25) is 15.9 Å². The van der Waals surface area contributed by atoms with Gasteiger partial charge in [-0.25, -0.2) is 12.7 Å². The van der Waals surface area contributed by atoms with Gasteiger partial charge in [0.25, 0.3) is 0 Å². The number of nitrogens with one attached hydrogen (secondary N) is 1. The minimum Gasteiger partial charge on any atom is -0.381 e. The number of benzene rings is 2. The van der Waals surface area contributed by atoms with E-state index in [1.165, 1.54) is 16.7 Å². The van der Waals surface area contributed by atoms with Gasteiger partial charge in [-0.1, -0.05) is 60.0 Å². The Kier molecular flexibility index (Phi) is 8.30. The summed E-state index contributed by atoms with van der Waals surface area (Å²) in [7, 11) is -3.34. The summed E-state index contributed by atoms with van der Waals surface area (Å²) in [6, 6.07) is 15.0. The molecule has 2 saturated heterocycles. The molecule has 2 aliphatic rings. The van der Waals surface area contributed by atoms with Crippen molar-refractivity contribution < 1.29 is 17.9 Å². The summed E-state index contributed by atoms with van der Waals surface area (Å²) in [6.07, 6.45) is 4.78. The van der Waals surface area contributed by atoms with Crippen molar-refractivity contribution in [3.05, 3.63) is 59.2 Å². The molecule has 2 fully saturated rings. The molecule has 7 heteroatoms. The van der Waals surface area contributed by atoms with E-state index in [2.05, 4.69) is 61.6 Å². The standard InChI is InChI=1S/C28H38N2O4S/c1-22-17-23(2)19-26(18-22)25-8-6-7-24(20-25)21-28(9-14-34-15-10-28)27(31)29-11-16-35(32,33)30-12-4-3-5-13-30/h6-8,17-20H,3-5,9-16,21H2,1-2H3,(H,29,31). The predicted molar refractivity (Wildman–Crippen MR) is 140 cm³/mol. The number of carbonyl (C=O) groups excluding carboxylic acids is 1. The molecule has 2 aliphatic heterocycles. The molecule has 0 unspecified atom stereocenters. The van der Waals surface area contributed by atoms with E-state index in [4.69, 9.17) is 4.74 Å². The number of rotatable bonds is 8. The summed E-state index contributed by atoms with van der Waals surface area (Å²) >= 11 is 0. The van der Waals surface area contributed by atoms with E-state index in [0.717, 1.165) is 30.4 Å². The van der Waals surface area contributed by atoms with Crippen LogP contribution in [0.1, 0.15) is 48.8 Å². The Balaban J connectivity index is 1.46. The minimum atomic E-state index is -3.34. The molecule has 4 rings (SSSR count). The van der Waals surface area contributed by atoms with Crippen LogP contribution in [-0.4, -0.2) is 57.2 Å². The molecule has 1 amide bonds. The van der Waals surface area contributed by atoms with Gasteiger partial charge in [0.1, 0.15) is 0 Å². The average Bonchev–Trinajstić information content (AvgIpc) is 2.84. The van der Waals surface area contributed by atoms with Crippen LogP contribution in [0.5, 0.6) is 0 Å². The molecule has 0 bridgehead atoms. The Labute approximate surface area is 210 Å². The van der Waals surface area contributed by atoms with Crippen LogP contribution < -0.4 is 5.32 Å². The Hall–Kier alpha value is -2.22. The lowest BCUT2D eigenvalue weighted by Crippen LogP contribution is -2.48. The maximum atomic E-state index is 13.5. The molecule has 0 aliphatic carbocycles. The van der Waals surface area contributed by atoms with Crippen molar-refractivity contribution in [1.29, 1.82) is 0 Å². The second-order valence-corrected chi connectivity index (χ2v) is 12.3. The van der Waals surface area contributed by atoms with Crippen molar-refractivity contribution in [2.24, 2.45) is 5.41 Å². The Bertz CT molecular complexity index is 1110. The van der Waals surface area contributed by atoms with E-state index in [9.17, 15) is 13.2 Å². The highest BCUT2D eigenvalue weighted by Gasteiger charge is 2.40. The number of nitrogens with zero attached hydrogens (tertiary/aromatic N) is 1. The number of ether oxygens (including phenoxy) is 1. The number of hydrogen-bond donors (Lipinski definition) is 1. The van der Waals surface area contributed by atoms with E-state index in [0.29, 0.717) is 45.6 Å². The number of hydrogen-bond acceptors (Lipinski definition) is 4. The number of aryl methyl sites for hydroxylation is 2. The number of piperidine rings is 1. The van der Waals surface area contributed by atoms with Gasteiger partial charge >= 0.3 is 0 Å². The molecule has 190 valence electrons. The maximum absolute atomic E-state index is 13.5. The molecule has 2 aromatic rings. The number of sulfonamides is 1. The fourth-order valence-corrected chi connectivity index (χ4v) is 6.83. The van der Waals surface area contributed by atoms with Crippen molar-refractivity contribution in [2.45, 2.75) is 52.4 Å². The second kappa shape index (κ2) is 11.2. The van der Waals surface area contributed by atoms with Crippen LogP contribution in [0, 0.1) is 19.3 Å². The third-order valence-corrected chi connectivity index (χ3v) is 9.18. The normalized spacial score (nSPS) is 18.8. The highest BCUT2D eigenvalue weighted by atomic mass is 32.2. The molecule has 0 atom stereocenters. The van der Waals surface area contributed by atoms with E-state index in [1.54, 1.807) is 4.31 Å². The van der Waals surface area contributed by atoms with E-state index < -0.39 is 15.4 Å². The van der Waals surface area contributed by atoms with Crippen molar-refractivity contribution in [3.8, 4) is 11.1 Å². The van der Waals surface area contributed by atoms with Gasteiger partial charge in [0.15, 0.2) is 0 Å². The quantitative estimate of drug-likeness (QED) is 0.591. The molecule has 6 nitrogen and oxygen atoms in total. The lowest BCUT2D eigenvalue weighted by atomic mass is 9.74. The van der Waals surface area contributed by atoms with Crippen molar-refractivity contribution in [3.63, 3.8) is 0 Å². The molecule has 2 aromatic carbocycles. The summed E-state index contributed by atoms with van der Waals surface area (Å²) in [5, 5.41) is 2.97. The van der Waals surface area contributed by atoms with Crippen LogP contribution in [0.25, 0.3) is 11.1 Å². The number of amides is 1. The van der Waals surface area contributed by atoms with Crippen molar-refractivity contribution in [1.82, 2.24) is 9.62 Å². The molecule has 0 spiro atoms.